The Bertz CT molecular complexity index is 953. The van der Waals surface area contributed by atoms with Crippen molar-refractivity contribution >= 4 is 11.6 Å². The largest absolute Gasteiger partial charge is 0.485 e. The summed E-state index contributed by atoms with van der Waals surface area (Å²) in [7, 11) is 0. The van der Waals surface area contributed by atoms with E-state index in [4.69, 9.17) is 9.15 Å². The number of furan rings is 1. The Morgan fingerprint density at radius 2 is 2.15 bits per heavy atom. The third kappa shape index (κ3) is 4.39. The number of benzene rings is 1. The smallest absolute Gasteiger partial charge is 0.291 e. The van der Waals surface area contributed by atoms with Crippen molar-refractivity contribution in [2.24, 2.45) is 5.92 Å². The molecule has 6 heteroatoms. The van der Waals surface area contributed by atoms with Crippen LogP contribution in [0.2, 0.25) is 0 Å². The standard InChI is InChI=1S/C21H23N3O3/c1-14-3-4-15(2)20(9-14)26-13-18-7-8-19(27-18)21(25)23-17-10-22-24(12-17)11-16-5-6-16/h3-4,7-10,12,16H,5-6,11,13H2,1-2H3,(H,23,25). The number of anilines is 1. The number of hydrogen-bond acceptors (Lipinski definition) is 4. The topological polar surface area (TPSA) is 69.3 Å². The molecule has 6 nitrogen and oxygen atoms in total. The van der Waals surface area contributed by atoms with E-state index >= 15 is 0 Å². The quantitative estimate of drug-likeness (QED) is 0.676. The van der Waals surface area contributed by atoms with Gasteiger partial charge in [0.25, 0.3) is 5.91 Å². The maximum atomic E-state index is 12.4. The molecular formula is C21H23N3O3. The molecule has 1 N–H and O–H groups in total. The monoisotopic (exact) mass is 365 g/mol. The molecule has 2 heterocycles. The van der Waals surface area contributed by atoms with Gasteiger partial charge in [0.05, 0.1) is 11.9 Å². The summed E-state index contributed by atoms with van der Waals surface area (Å²) in [6, 6.07) is 9.48. The van der Waals surface area contributed by atoms with Gasteiger partial charge in [-0.15, -0.1) is 0 Å². The van der Waals surface area contributed by atoms with Crippen LogP contribution < -0.4 is 10.1 Å². The molecule has 2 aromatic heterocycles. The molecular weight excluding hydrogens is 342 g/mol. The Labute approximate surface area is 158 Å². The molecule has 1 aliphatic carbocycles. The molecule has 0 spiro atoms. The second-order valence-electron chi connectivity index (χ2n) is 7.17. The Hall–Kier alpha value is -3.02. The lowest BCUT2D eigenvalue weighted by molar-refractivity contribution is 0.0992. The summed E-state index contributed by atoms with van der Waals surface area (Å²) in [6.45, 7) is 5.21. The van der Waals surface area contributed by atoms with Crippen LogP contribution in [-0.4, -0.2) is 15.7 Å². The van der Waals surface area contributed by atoms with Gasteiger partial charge < -0.3 is 14.5 Å². The van der Waals surface area contributed by atoms with E-state index in [9.17, 15) is 4.79 Å². The van der Waals surface area contributed by atoms with Crippen LogP contribution in [0.5, 0.6) is 5.75 Å². The summed E-state index contributed by atoms with van der Waals surface area (Å²) < 4.78 is 13.3. The summed E-state index contributed by atoms with van der Waals surface area (Å²) in [5.74, 6) is 2.12. The number of amides is 1. The van der Waals surface area contributed by atoms with Crippen LogP contribution in [0.25, 0.3) is 0 Å². The van der Waals surface area contributed by atoms with Crippen LogP contribution in [0.1, 0.15) is 40.3 Å². The van der Waals surface area contributed by atoms with Gasteiger partial charge in [0, 0.05) is 12.7 Å². The van der Waals surface area contributed by atoms with Gasteiger partial charge in [0.15, 0.2) is 5.76 Å². The van der Waals surface area contributed by atoms with Crippen LogP contribution in [0.15, 0.2) is 47.1 Å². The number of aromatic nitrogens is 2. The van der Waals surface area contributed by atoms with Crippen molar-refractivity contribution in [3.8, 4) is 5.75 Å². The van der Waals surface area contributed by atoms with Crippen molar-refractivity contribution in [3.05, 3.63) is 65.4 Å². The van der Waals surface area contributed by atoms with E-state index in [1.54, 1.807) is 18.3 Å². The number of hydrogen-bond donors (Lipinski definition) is 1. The van der Waals surface area contributed by atoms with Crippen molar-refractivity contribution in [1.29, 1.82) is 0 Å². The average Bonchev–Trinajstić information content (AvgIpc) is 3.15. The van der Waals surface area contributed by atoms with Crippen molar-refractivity contribution in [1.82, 2.24) is 9.78 Å². The summed E-state index contributed by atoms with van der Waals surface area (Å²) in [6.07, 6.45) is 6.04. The third-order valence-corrected chi connectivity index (χ3v) is 4.63. The Balaban J connectivity index is 1.34. The van der Waals surface area contributed by atoms with Crippen molar-refractivity contribution in [2.75, 3.05) is 5.32 Å². The lowest BCUT2D eigenvalue weighted by Gasteiger charge is -2.08. The second kappa shape index (κ2) is 7.31. The first-order valence-corrected chi connectivity index (χ1v) is 9.19. The van der Waals surface area contributed by atoms with Crippen molar-refractivity contribution in [3.63, 3.8) is 0 Å². The highest BCUT2D eigenvalue weighted by molar-refractivity contribution is 6.02. The highest BCUT2D eigenvalue weighted by Crippen LogP contribution is 2.30. The predicted molar refractivity (Wildman–Crippen MR) is 102 cm³/mol. The number of ether oxygens (including phenoxy) is 1. The number of rotatable bonds is 7. The molecule has 0 aliphatic heterocycles. The highest BCUT2D eigenvalue weighted by atomic mass is 16.5. The maximum Gasteiger partial charge on any atom is 0.291 e. The van der Waals surface area contributed by atoms with E-state index < -0.39 is 0 Å². The van der Waals surface area contributed by atoms with E-state index in [0.29, 0.717) is 11.4 Å². The molecule has 4 rings (SSSR count). The fourth-order valence-corrected chi connectivity index (χ4v) is 2.87. The normalized spacial score (nSPS) is 13.6. The molecule has 0 unspecified atom stereocenters. The Morgan fingerprint density at radius 3 is 2.96 bits per heavy atom. The van der Waals surface area contributed by atoms with Gasteiger partial charge in [0.2, 0.25) is 0 Å². The van der Waals surface area contributed by atoms with Crippen LogP contribution in [-0.2, 0) is 13.2 Å². The number of aryl methyl sites for hydroxylation is 2. The van der Waals surface area contributed by atoms with E-state index in [1.165, 1.54) is 12.8 Å². The molecule has 1 amide bonds. The lowest BCUT2D eigenvalue weighted by atomic mass is 10.1. The van der Waals surface area contributed by atoms with Crippen LogP contribution in [0.3, 0.4) is 0 Å². The van der Waals surface area contributed by atoms with Gasteiger partial charge >= 0.3 is 0 Å². The van der Waals surface area contributed by atoms with E-state index in [0.717, 1.165) is 29.3 Å². The zero-order valence-corrected chi connectivity index (χ0v) is 15.6. The van der Waals surface area contributed by atoms with E-state index in [-0.39, 0.29) is 18.3 Å². The highest BCUT2D eigenvalue weighted by Gasteiger charge is 2.22. The van der Waals surface area contributed by atoms with Gasteiger partial charge in [-0.2, -0.15) is 5.10 Å². The average molecular weight is 365 g/mol. The fraction of sp³-hybridized carbons (Fsp3) is 0.333. The van der Waals surface area contributed by atoms with Gasteiger partial charge in [-0.1, -0.05) is 12.1 Å². The predicted octanol–water partition coefficient (Wildman–Crippen LogP) is 4.33. The molecule has 0 bridgehead atoms. The van der Waals surface area contributed by atoms with Crippen molar-refractivity contribution in [2.45, 2.75) is 39.8 Å². The minimum absolute atomic E-state index is 0.254. The second-order valence-corrected chi connectivity index (χ2v) is 7.17. The molecule has 0 radical (unpaired) electrons. The first-order chi connectivity index (χ1) is 13.1. The molecule has 1 aliphatic rings. The van der Waals surface area contributed by atoms with Gasteiger partial charge in [0.1, 0.15) is 18.1 Å². The zero-order chi connectivity index (χ0) is 18.8. The molecule has 0 atom stereocenters. The number of carbonyl (C=O) groups is 1. The molecule has 3 aromatic rings. The molecule has 140 valence electrons. The van der Waals surface area contributed by atoms with Crippen LogP contribution >= 0.6 is 0 Å². The third-order valence-electron chi connectivity index (χ3n) is 4.63. The summed E-state index contributed by atoms with van der Waals surface area (Å²) in [5, 5.41) is 7.10. The van der Waals surface area contributed by atoms with Gasteiger partial charge in [-0.05, 0) is 61.9 Å². The maximum absolute atomic E-state index is 12.4. The summed E-state index contributed by atoms with van der Waals surface area (Å²) in [5.41, 5.74) is 2.87. The van der Waals surface area contributed by atoms with E-state index in [2.05, 4.69) is 10.4 Å². The summed E-state index contributed by atoms with van der Waals surface area (Å²) >= 11 is 0. The zero-order valence-electron chi connectivity index (χ0n) is 15.6. The number of nitrogens with one attached hydrogen (secondary N) is 1. The van der Waals surface area contributed by atoms with Crippen LogP contribution in [0, 0.1) is 19.8 Å². The Morgan fingerprint density at radius 1 is 1.30 bits per heavy atom. The molecule has 27 heavy (non-hydrogen) atoms. The summed E-state index contributed by atoms with van der Waals surface area (Å²) in [4.78, 5) is 12.4. The molecule has 1 saturated carbocycles. The molecule has 1 aromatic carbocycles. The minimum atomic E-state index is -0.293. The minimum Gasteiger partial charge on any atom is -0.485 e. The van der Waals surface area contributed by atoms with Crippen LogP contribution in [0.4, 0.5) is 5.69 Å². The first-order valence-electron chi connectivity index (χ1n) is 9.19. The SMILES string of the molecule is Cc1ccc(C)c(OCc2ccc(C(=O)Nc3cnn(CC4CC4)c3)o2)c1. The first kappa shape index (κ1) is 17.4. The number of carbonyl (C=O) groups excluding carboxylic acids is 1. The fourth-order valence-electron chi connectivity index (χ4n) is 2.87. The molecule has 1 fully saturated rings. The van der Waals surface area contributed by atoms with Gasteiger partial charge in [-0.25, -0.2) is 0 Å². The Kier molecular flexibility index (Phi) is 4.71. The van der Waals surface area contributed by atoms with Gasteiger partial charge in [-0.3, -0.25) is 9.48 Å². The lowest BCUT2D eigenvalue weighted by Crippen LogP contribution is -2.10. The van der Waals surface area contributed by atoms with Crippen molar-refractivity contribution < 1.29 is 13.9 Å². The molecule has 0 saturated heterocycles. The number of nitrogens with zero attached hydrogens (tertiary/aromatic N) is 2. The van der Waals surface area contributed by atoms with E-state index in [1.807, 2.05) is 42.9 Å².